The summed E-state index contributed by atoms with van der Waals surface area (Å²) in [4.78, 5) is 35.2. The number of imidazole rings is 1. The van der Waals surface area contributed by atoms with E-state index in [1.165, 1.54) is 6.33 Å². The molecule has 2 aromatic rings. The Morgan fingerprint density at radius 1 is 1.24 bits per heavy atom. The highest BCUT2D eigenvalue weighted by Crippen LogP contribution is 2.46. The average molecular weight is 399 g/mol. The van der Waals surface area contributed by atoms with Crippen LogP contribution in [0.1, 0.15) is 55.4 Å². The van der Waals surface area contributed by atoms with Crippen LogP contribution in [0.2, 0.25) is 0 Å². The van der Waals surface area contributed by atoms with E-state index in [1.807, 2.05) is 11.9 Å². The maximum absolute atomic E-state index is 12.7. The van der Waals surface area contributed by atoms with Gasteiger partial charge in [-0.3, -0.25) is 14.3 Å². The Morgan fingerprint density at radius 3 is 2.76 bits per heavy atom. The molecule has 1 saturated heterocycles. The van der Waals surface area contributed by atoms with Gasteiger partial charge in [-0.05, 0) is 37.5 Å². The van der Waals surface area contributed by atoms with Gasteiger partial charge in [-0.2, -0.15) is 5.10 Å². The largest absolute Gasteiger partial charge is 0.353 e. The van der Waals surface area contributed by atoms with Crippen molar-refractivity contribution in [3.63, 3.8) is 0 Å². The molecular formula is C20H29N7O2. The van der Waals surface area contributed by atoms with Gasteiger partial charge in [0.05, 0.1) is 6.33 Å². The lowest BCUT2D eigenvalue weighted by molar-refractivity contribution is -0.123. The van der Waals surface area contributed by atoms with Crippen molar-refractivity contribution in [2.75, 3.05) is 13.1 Å². The van der Waals surface area contributed by atoms with E-state index in [2.05, 4.69) is 20.4 Å². The van der Waals surface area contributed by atoms with E-state index in [-0.39, 0.29) is 23.3 Å². The van der Waals surface area contributed by atoms with Crippen LogP contribution in [0.3, 0.4) is 0 Å². The lowest BCUT2D eigenvalue weighted by Gasteiger charge is -2.43. The number of rotatable bonds is 6. The number of likely N-dealkylation sites (tertiary alicyclic amines) is 1. The van der Waals surface area contributed by atoms with E-state index < -0.39 is 0 Å². The summed E-state index contributed by atoms with van der Waals surface area (Å²) in [6.45, 7) is 2.16. The normalized spacial score (nSPS) is 20.9. The second kappa shape index (κ2) is 8.34. The smallest absolute Gasteiger partial charge is 0.274 e. The van der Waals surface area contributed by atoms with E-state index >= 15 is 0 Å². The van der Waals surface area contributed by atoms with Gasteiger partial charge in [0.25, 0.3) is 5.91 Å². The van der Waals surface area contributed by atoms with Crippen molar-refractivity contribution in [2.45, 2.75) is 57.5 Å². The minimum atomic E-state index is 0.00661. The van der Waals surface area contributed by atoms with Crippen LogP contribution >= 0.6 is 0 Å². The monoisotopic (exact) mass is 399 g/mol. The average Bonchev–Trinajstić information content (AvgIpc) is 3.45. The fraction of sp³-hybridized carbons (Fsp3) is 0.650. The Labute approximate surface area is 170 Å². The Kier molecular flexibility index (Phi) is 5.64. The van der Waals surface area contributed by atoms with Gasteiger partial charge in [-0.15, -0.1) is 0 Å². The summed E-state index contributed by atoms with van der Waals surface area (Å²) < 4.78 is 3.54. The van der Waals surface area contributed by atoms with Gasteiger partial charge in [-0.1, -0.05) is 6.42 Å². The first kappa shape index (κ1) is 19.6. The number of carbonyl (C=O) groups excluding carboxylic acids is 2. The quantitative estimate of drug-likeness (QED) is 0.791. The van der Waals surface area contributed by atoms with Crippen LogP contribution in [-0.4, -0.2) is 60.2 Å². The second-order valence-electron chi connectivity index (χ2n) is 8.35. The molecule has 3 heterocycles. The zero-order valence-corrected chi connectivity index (χ0v) is 17.0. The summed E-state index contributed by atoms with van der Waals surface area (Å²) in [5, 5.41) is 7.36. The predicted molar refractivity (Wildman–Crippen MR) is 106 cm³/mol. The van der Waals surface area contributed by atoms with Crippen molar-refractivity contribution < 1.29 is 9.59 Å². The van der Waals surface area contributed by atoms with Crippen molar-refractivity contribution in [1.82, 2.24) is 34.5 Å². The molecule has 0 bridgehead atoms. The highest BCUT2D eigenvalue weighted by molar-refractivity contribution is 5.92. The van der Waals surface area contributed by atoms with E-state index in [4.69, 9.17) is 0 Å². The van der Waals surface area contributed by atoms with E-state index in [0.29, 0.717) is 18.7 Å². The number of amides is 2. The van der Waals surface area contributed by atoms with Crippen molar-refractivity contribution >= 4 is 11.8 Å². The summed E-state index contributed by atoms with van der Waals surface area (Å²) in [6, 6.07) is 0.216. The fourth-order valence-electron chi connectivity index (χ4n) is 4.82. The number of aryl methyl sites for hydroxylation is 2. The number of carbonyl (C=O) groups is 2. The molecule has 9 nitrogen and oxygen atoms in total. The SMILES string of the molecule is Cn1cnc(C(=O)N2CCC3(CCCC3NC(=O)CCCn3cncn3)CC2)c1. The number of piperidine rings is 1. The zero-order valence-electron chi connectivity index (χ0n) is 17.0. The molecule has 156 valence electrons. The van der Waals surface area contributed by atoms with Crippen molar-refractivity contribution in [3.05, 3.63) is 30.9 Å². The van der Waals surface area contributed by atoms with Gasteiger partial charge >= 0.3 is 0 Å². The molecule has 2 aromatic heterocycles. The van der Waals surface area contributed by atoms with Crippen LogP contribution in [0.5, 0.6) is 0 Å². The minimum absolute atomic E-state index is 0.00661. The number of nitrogens with one attached hydrogen (secondary N) is 1. The molecule has 29 heavy (non-hydrogen) atoms. The van der Waals surface area contributed by atoms with Crippen LogP contribution in [0.25, 0.3) is 0 Å². The predicted octanol–water partition coefficient (Wildman–Crippen LogP) is 1.38. The first-order chi connectivity index (χ1) is 14.1. The molecule has 4 rings (SSSR count). The number of hydrogen-bond acceptors (Lipinski definition) is 5. The van der Waals surface area contributed by atoms with Crippen molar-refractivity contribution in [3.8, 4) is 0 Å². The molecule has 2 fully saturated rings. The molecule has 1 spiro atoms. The molecule has 1 aliphatic carbocycles. The fourth-order valence-corrected chi connectivity index (χ4v) is 4.82. The first-order valence-electron chi connectivity index (χ1n) is 10.4. The van der Waals surface area contributed by atoms with Crippen LogP contribution in [-0.2, 0) is 18.4 Å². The van der Waals surface area contributed by atoms with Crippen LogP contribution in [0, 0.1) is 5.41 Å². The Balaban J connectivity index is 1.28. The highest BCUT2D eigenvalue weighted by Gasteiger charge is 2.46. The topological polar surface area (TPSA) is 97.9 Å². The van der Waals surface area contributed by atoms with E-state index in [0.717, 1.165) is 51.6 Å². The summed E-state index contributed by atoms with van der Waals surface area (Å²) in [6.07, 6.45) is 13.0. The van der Waals surface area contributed by atoms with Gasteiger partial charge < -0.3 is 14.8 Å². The van der Waals surface area contributed by atoms with Crippen molar-refractivity contribution in [2.24, 2.45) is 12.5 Å². The molecule has 1 saturated carbocycles. The summed E-state index contributed by atoms with van der Waals surface area (Å²) >= 11 is 0. The molecule has 1 aliphatic heterocycles. The summed E-state index contributed by atoms with van der Waals surface area (Å²) in [7, 11) is 1.87. The maximum Gasteiger partial charge on any atom is 0.274 e. The molecule has 1 unspecified atom stereocenters. The van der Waals surface area contributed by atoms with Gasteiger partial charge in [-0.25, -0.2) is 9.97 Å². The van der Waals surface area contributed by atoms with Gasteiger partial charge in [0, 0.05) is 45.3 Å². The number of nitrogens with zero attached hydrogens (tertiary/aromatic N) is 6. The zero-order chi connectivity index (χ0) is 20.3. The lowest BCUT2D eigenvalue weighted by atomic mass is 9.74. The molecule has 9 heteroatoms. The minimum Gasteiger partial charge on any atom is -0.353 e. The second-order valence-corrected chi connectivity index (χ2v) is 8.35. The summed E-state index contributed by atoms with van der Waals surface area (Å²) in [5.74, 6) is 0.121. The Hall–Kier alpha value is -2.71. The molecule has 0 radical (unpaired) electrons. The number of hydrogen-bond donors (Lipinski definition) is 1. The molecular weight excluding hydrogens is 370 g/mol. The van der Waals surface area contributed by atoms with Crippen LogP contribution < -0.4 is 5.32 Å². The summed E-state index contributed by atoms with van der Waals surface area (Å²) in [5.41, 5.74) is 0.634. The van der Waals surface area contributed by atoms with Gasteiger partial charge in [0.2, 0.25) is 5.91 Å². The van der Waals surface area contributed by atoms with Crippen LogP contribution in [0.4, 0.5) is 0 Å². The van der Waals surface area contributed by atoms with Gasteiger partial charge in [0.1, 0.15) is 18.3 Å². The molecule has 1 N–H and O–H groups in total. The number of aromatic nitrogens is 5. The molecule has 0 aromatic carbocycles. The third-order valence-corrected chi connectivity index (χ3v) is 6.47. The van der Waals surface area contributed by atoms with E-state index in [1.54, 1.807) is 28.1 Å². The van der Waals surface area contributed by atoms with E-state index in [9.17, 15) is 9.59 Å². The third-order valence-electron chi connectivity index (χ3n) is 6.47. The molecule has 2 aliphatic rings. The van der Waals surface area contributed by atoms with Crippen LogP contribution in [0.15, 0.2) is 25.2 Å². The Morgan fingerprint density at radius 2 is 2.07 bits per heavy atom. The maximum atomic E-state index is 12.7. The molecule has 1 atom stereocenters. The lowest BCUT2D eigenvalue weighted by Crippen LogP contribution is -2.51. The standard InChI is InChI=1S/C20H29N7O2/c1-25-12-16(22-15-25)19(29)26-10-7-20(8-11-26)6-2-4-17(20)24-18(28)5-3-9-27-14-21-13-23-27/h12-15,17H,2-11H2,1H3,(H,24,28). The van der Waals surface area contributed by atoms with Gasteiger partial charge in [0.15, 0.2) is 0 Å². The Bertz CT molecular complexity index is 837. The van der Waals surface area contributed by atoms with Crippen molar-refractivity contribution in [1.29, 1.82) is 0 Å². The first-order valence-corrected chi connectivity index (χ1v) is 10.4. The highest BCUT2D eigenvalue weighted by atomic mass is 16.2. The third kappa shape index (κ3) is 4.33. The molecule has 2 amide bonds.